The van der Waals surface area contributed by atoms with Crippen molar-refractivity contribution in [1.82, 2.24) is 24.7 Å². The lowest BCUT2D eigenvalue weighted by Crippen LogP contribution is -2.42. The number of fused-ring (bicyclic) bond motifs is 1. The molecule has 8 heteroatoms. The highest BCUT2D eigenvalue weighted by atomic mass is 32.1. The second-order valence-corrected chi connectivity index (χ2v) is 7.92. The summed E-state index contributed by atoms with van der Waals surface area (Å²) >= 11 is 1.48. The first-order valence-corrected chi connectivity index (χ1v) is 10.3. The van der Waals surface area contributed by atoms with Gasteiger partial charge in [-0.05, 0) is 47.7 Å². The molecule has 5 rings (SSSR count). The molecule has 0 spiro atoms. The lowest BCUT2D eigenvalue weighted by Gasteiger charge is -2.32. The second kappa shape index (κ2) is 7.38. The lowest BCUT2D eigenvalue weighted by atomic mass is 10.1. The number of aryl methyl sites for hydroxylation is 1. The van der Waals surface area contributed by atoms with Gasteiger partial charge in [-0.2, -0.15) is 0 Å². The minimum atomic E-state index is -0.294. The van der Waals surface area contributed by atoms with Crippen LogP contribution in [-0.2, 0) is 4.74 Å². The van der Waals surface area contributed by atoms with Crippen molar-refractivity contribution in [2.24, 2.45) is 0 Å². The molecule has 0 radical (unpaired) electrons. The predicted molar refractivity (Wildman–Crippen MR) is 110 cm³/mol. The Bertz CT molecular complexity index is 1170. The Hall–Kier alpha value is -3.10. The molecule has 1 aliphatic heterocycles. The first-order chi connectivity index (χ1) is 14.2. The molecule has 4 aromatic rings. The minimum absolute atomic E-state index is 0.0576. The summed E-state index contributed by atoms with van der Waals surface area (Å²) in [4.78, 5) is 19.6. The Kier molecular flexibility index (Phi) is 4.57. The molecule has 0 bridgehead atoms. The Labute approximate surface area is 171 Å². The van der Waals surface area contributed by atoms with Gasteiger partial charge in [0.25, 0.3) is 5.91 Å². The molecule has 1 atom stereocenters. The van der Waals surface area contributed by atoms with Gasteiger partial charge in [0.05, 0.1) is 23.5 Å². The van der Waals surface area contributed by atoms with Crippen LogP contribution in [0, 0.1) is 6.92 Å². The van der Waals surface area contributed by atoms with Gasteiger partial charge in [-0.3, -0.25) is 9.78 Å². The number of aromatic nitrogens is 4. The normalized spacial score (nSPS) is 17.0. The minimum Gasteiger partial charge on any atom is -0.368 e. The van der Waals surface area contributed by atoms with Gasteiger partial charge in [0.2, 0.25) is 0 Å². The summed E-state index contributed by atoms with van der Waals surface area (Å²) in [5.41, 5.74) is 4.75. The van der Waals surface area contributed by atoms with E-state index >= 15 is 0 Å². The van der Waals surface area contributed by atoms with Crippen LogP contribution in [-0.4, -0.2) is 50.3 Å². The molecule has 5 heterocycles. The molecule has 0 N–H and O–H groups in total. The van der Waals surface area contributed by atoms with Crippen molar-refractivity contribution in [2.75, 3.05) is 19.7 Å². The van der Waals surface area contributed by atoms with E-state index in [0.29, 0.717) is 19.7 Å². The smallest absolute Gasteiger partial charge is 0.264 e. The molecule has 1 fully saturated rings. The molecule has 0 aromatic carbocycles. The molecule has 1 amide bonds. The van der Waals surface area contributed by atoms with Gasteiger partial charge < -0.3 is 9.64 Å². The topological polar surface area (TPSA) is 72.6 Å². The Morgan fingerprint density at radius 2 is 2.03 bits per heavy atom. The quantitative estimate of drug-likeness (QED) is 0.523. The number of morpholine rings is 1. The molecule has 0 aliphatic carbocycles. The van der Waals surface area contributed by atoms with Crippen molar-refractivity contribution in [3.8, 4) is 11.1 Å². The first-order valence-electron chi connectivity index (χ1n) is 9.41. The zero-order valence-electron chi connectivity index (χ0n) is 15.9. The van der Waals surface area contributed by atoms with E-state index in [4.69, 9.17) is 4.74 Å². The molecule has 4 aromatic heterocycles. The standard InChI is InChI=1S/C21H19N5O2S/c1-14-6-11-29-20(14)21(27)25-9-10-28-18(13-25)19-17-3-2-16(12-26(17)24-23-19)15-4-7-22-8-5-15/h2-8,11-12,18H,9-10,13H2,1H3/t18-/m0/s1. The third-order valence-electron chi connectivity index (χ3n) is 5.17. The fourth-order valence-corrected chi connectivity index (χ4v) is 4.48. The van der Waals surface area contributed by atoms with E-state index in [1.807, 2.05) is 53.7 Å². The number of carbonyl (C=O) groups excluding carboxylic acids is 1. The molecule has 1 saturated heterocycles. The molecule has 7 nitrogen and oxygen atoms in total. The van der Waals surface area contributed by atoms with Crippen molar-refractivity contribution in [3.63, 3.8) is 0 Å². The van der Waals surface area contributed by atoms with E-state index in [0.717, 1.165) is 32.8 Å². The van der Waals surface area contributed by atoms with E-state index in [-0.39, 0.29) is 12.0 Å². The highest BCUT2D eigenvalue weighted by molar-refractivity contribution is 7.12. The summed E-state index contributed by atoms with van der Waals surface area (Å²) in [5, 5.41) is 10.6. The Morgan fingerprint density at radius 3 is 2.83 bits per heavy atom. The maximum absolute atomic E-state index is 12.9. The van der Waals surface area contributed by atoms with E-state index in [1.165, 1.54) is 11.3 Å². The summed E-state index contributed by atoms with van der Waals surface area (Å²) in [7, 11) is 0. The van der Waals surface area contributed by atoms with E-state index in [9.17, 15) is 4.79 Å². The number of hydrogen-bond acceptors (Lipinski definition) is 6. The van der Waals surface area contributed by atoms with Crippen LogP contribution in [0.1, 0.15) is 27.0 Å². The van der Waals surface area contributed by atoms with Crippen molar-refractivity contribution in [2.45, 2.75) is 13.0 Å². The average Bonchev–Trinajstić information content (AvgIpc) is 3.39. The molecule has 29 heavy (non-hydrogen) atoms. The number of amides is 1. The van der Waals surface area contributed by atoms with Gasteiger partial charge in [0.1, 0.15) is 11.8 Å². The number of rotatable bonds is 3. The van der Waals surface area contributed by atoms with Crippen LogP contribution in [0.3, 0.4) is 0 Å². The lowest BCUT2D eigenvalue weighted by molar-refractivity contribution is -0.0239. The van der Waals surface area contributed by atoms with Crippen LogP contribution in [0.2, 0.25) is 0 Å². The molecular weight excluding hydrogens is 386 g/mol. The number of nitrogens with zero attached hydrogens (tertiary/aromatic N) is 5. The van der Waals surface area contributed by atoms with Crippen LogP contribution in [0.4, 0.5) is 0 Å². The van der Waals surface area contributed by atoms with E-state index in [2.05, 4.69) is 15.3 Å². The van der Waals surface area contributed by atoms with Crippen molar-refractivity contribution < 1.29 is 9.53 Å². The molecule has 1 aliphatic rings. The summed E-state index contributed by atoms with van der Waals surface area (Å²) in [6, 6.07) is 9.93. The van der Waals surface area contributed by atoms with E-state index in [1.54, 1.807) is 16.9 Å². The van der Waals surface area contributed by atoms with Crippen LogP contribution >= 0.6 is 11.3 Å². The van der Waals surface area contributed by atoms with E-state index < -0.39 is 0 Å². The van der Waals surface area contributed by atoms with Crippen molar-refractivity contribution >= 4 is 22.8 Å². The maximum Gasteiger partial charge on any atom is 0.264 e. The summed E-state index contributed by atoms with van der Waals surface area (Å²) < 4.78 is 7.72. The first kappa shape index (κ1) is 18.0. The van der Waals surface area contributed by atoms with Crippen LogP contribution in [0.5, 0.6) is 0 Å². The predicted octanol–water partition coefficient (Wildman–Crippen LogP) is 3.37. The highest BCUT2D eigenvalue weighted by Crippen LogP contribution is 2.28. The monoisotopic (exact) mass is 405 g/mol. The molecule has 146 valence electrons. The zero-order chi connectivity index (χ0) is 19.8. The number of thiophene rings is 1. The SMILES string of the molecule is Cc1ccsc1C(=O)N1CCO[C@H](c2nnn3cc(-c4ccncc4)ccc23)C1. The third kappa shape index (κ3) is 3.30. The fourth-order valence-electron chi connectivity index (χ4n) is 3.59. The van der Waals surface area contributed by atoms with Crippen LogP contribution in [0.15, 0.2) is 54.3 Å². The van der Waals surface area contributed by atoms with Gasteiger partial charge in [0.15, 0.2) is 0 Å². The van der Waals surface area contributed by atoms with Gasteiger partial charge in [-0.25, -0.2) is 4.52 Å². The number of pyridine rings is 2. The fraction of sp³-hybridized carbons (Fsp3) is 0.238. The largest absolute Gasteiger partial charge is 0.368 e. The Morgan fingerprint density at radius 1 is 1.17 bits per heavy atom. The number of ether oxygens (including phenoxy) is 1. The Balaban J connectivity index is 1.42. The molecule has 0 unspecified atom stereocenters. The second-order valence-electron chi connectivity index (χ2n) is 7.00. The van der Waals surface area contributed by atoms with Crippen LogP contribution < -0.4 is 0 Å². The number of hydrogen-bond donors (Lipinski definition) is 0. The maximum atomic E-state index is 12.9. The summed E-state index contributed by atoms with van der Waals surface area (Å²) in [5.74, 6) is 0.0576. The van der Waals surface area contributed by atoms with Crippen molar-refractivity contribution in [1.29, 1.82) is 0 Å². The molecule has 0 saturated carbocycles. The van der Waals surface area contributed by atoms with Gasteiger partial charge in [-0.1, -0.05) is 11.3 Å². The van der Waals surface area contributed by atoms with Gasteiger partial charge in [0, 0.05) is 30.7 Å². The number of carbonyl (C=O) groups is 1. The third-order valence-corrected chi connectivity index (χ3v) is 6.17. The van der Waals surface area contributed by atoms with Gasteiger partial charge >= 0.3 is 0 Å². The average molecular weight is 405 g/mol. The zero-order valence-corrected chi connectivity index (χ0v) is 16.7. The highest BCUT2D eigenvalue weighted by Gasteiger charge is 2.30. The van der Waals surface area contributed by atoms with Crippen molar-refractivity contribution in [3.05, 3.63) is 70.4 Å². The summed E-state index contributed by atoms with van der Waals surface area (Å²) in [6.07, 6.45) is 5.19. The van der Waals surface area contributed by atoms with Gasteiger partial charge in [-0.15, -0.1) is 16.4 Å². The van der Waals surface area contributed by atoms with Crippen LogP contribution in [0.25, 0.3) is 16.6 Å². The molecular formula is C21H19N5O2S. The summed E-state index contributed by atoms with van der Waals surface area (Å²) in [6.45, 7) is 3.50.